The summed E-state index contributed by atoms with van der Waals surface area (Å²) >= 11 is 11.3. The SMILES string of the molecule is O=C(OC(CCl)CCl)c1ccc(N2C(=O)[C@@H]3[C@@H]4CC[C@@H](C4)[C@@H]3C2=O)cc1. The summed E-state index contributed by atoms with van der Waals surface area (Å²) in [6, 6.07) is 6.35. The van der Waals surface area contributed by atoms with Crippen LogP contribution >= 0.6 is 23.2 Å². The Hall–Kier alpha value is -1.59. The van der Waals surface area contributed by atoms with Crippen LogP contribution in [-0.4, -0.2) is 35.6 Å². The van der Waals surface area contributed by atoms with Gasteiger partial charge in [-0.2, -0.15) is 0 Å². The molecule has 0 N–H and O–H groups in total. The molecule has 0 unspecified atom stereocenters. The number of carbonyl (C=O) groups excluding carboxylic acids is 3. The zero-order chi connectivity index (χ0) is 18.4. The van der Waals surface area contributed by atoms with Gasteiger partial charge in [-0.15, -0.1) is 23.2 Å². The summed E-state index contributed by atoms with van der Waals surface area (Å²) in [6.07, 6.45) is 2.55. The van der Waals surface area contributed by atoms with Crippen LogP contribution in [0.2, 0.25) is 0 Å². The molecule has 1 aliphatic heterocycles. The van der Waals surface area contributed by atoms with Gasteiger partial charge in [0.2, 0.25) is 11.8 Å². The molecule has 138 valence electrons. The van der Waals surface area contributed by atoms with Crippen molar-refractivity contribution in [2.45, 2.75) is 25.4 Å². The molecule has 2 bridgehead atoms. The number of hydrogen-bond donors (Lipinski definition) is 0. The number of esters is 1. The molecule has 2 amide bonds. The molecule has 0 aromatic heterocycles. The molecule has 4 rings (SSSR count). The summed E-state index contributed by atoms with van der Waals surface area (Å²) in [7, 11) is 0. The summed E-state index contributed by atoms with van der Waals surface area (Å²) < 4.78 is 5.19. The van der Waals surface area contributed by atoms with Gasteiger partial charge in [-0.3, -0.25) is 14.5 Å². The van der Waals surface area contributed by atoms with E-state index in [1.807, 2.05) is 0 Å². The molecular weight excluding hydrogens is 377 g/mol. The minimum absolute atomic E-state index is 0.0909. The lowest BCUT2D eigenvalue weighted by Crippen LogP contribution is -2.32. The Kier molecular flexibility index (Phi) is 4.70. The second-order valence-electron chi connectivity index (χ2n) is 7.28. The van der Waals surface area contributed by atoms with Crippen molar-refractivity contribution in [1.29, 1.82) is 0 Å². The predicted octanol–water partition coefficient (Wildman–Crippen LogP) is 3.23. The fraction of sp³-hybridized carbons (Fsp3) is 0.526. The fourth-order valence-electron chi connectivity index (χ4n) is 4.73. The van der Waals surface area contributed by atoms with E-state index in [4.69, 9.17) is 27.9 Å². The molecule has 3 fully saturated rings. The maximum absolute atomic E-state index is 12.8. The van der Waals surface area contributed by atoms with Gasteiger partial charge in [-0.05, 0) is 55.4 Å². The smallest absolute Gasteiger partial charge is 0.338 e. The van der Waals surface area contributed by atoms with Crippen molar-refractivity contribution < 1.29 is 19.1 Å². The molecule has 4 atom stereocenters. The average molecular weight is 396 g/mol. The second-order valence-corrected chi connectivity index (χ2v) is 7.90. The van der Waals surface area contributed by atoms with Crippen LogP contribution in [-0.2, 0) is 14.3 Å². The first kappa shape index (κ1) is 17.8. The highest BCUT2D eigenvalue weighted by molar-refractivity contribution is 6.23. The predicted molar refractivity (Wildman–Crippen MR) is 97.4 cm³/mol. The number of carbonyl (C=O) groups is 3. The summed E-state index contributed by atoms with van der Waals surface area (Å²) in [4.78, 5) is 39.0. The van der Waals surface area contributed by atoms with Crippen molar-refractivity contribution >= 4 is 46.7 Å². The number of fused-ring (bicyclic) bond motifs is 5. The minimum atomic E-state index is -0.554. The molecule has 1 saturated heterocycles. The van der Waals surface area contributed by atoms with Gasteiger partial charge in [0.05, 0.1) is 34.8 Å². The first-order valence-corrected chi connectivity index (χ1v) is 9.92. The van der Waals surface area contributed by atoms with Crippen molar-refractivity contribution in [2.24, 2.45) is 23.7 Å². The lowest BCUT2D eigenvalue weighted by molar-refractivity contribution is -0.123. The molecule has 2 aliphatic carbocycles. The summed E-state index contributed by atoms with van der Waals surface area (Å²) in [5.74, 6) is -0.0778. The number of hydrogen-bond acceptors (Lipinski definition) is 4. The number of anilines is 1. The Bertz CT molecular complexity index is 718. The lowest BCUT2D eigenvalue weighted by atomic mass is 9.81. The van der Waals surface area contributed by atoms with Crippen LogP contribution in [0.3, 0.4) is 0 Å². The fourth-order valence-corrected chi connectivity index (χ4v) is 5.19. The molecule has 0 radical (unpaired) electrons. The number of imide groups is 1. The van der Waals surface area contributed by atoms with Gasteiger partial charge in [0, 0.05) is 0 Å². The van der Waals surface area contributed by atoms with E-state index in [0.717, 1.165) is 19.3 Å². The molecule has 7 heteroatoms. The normalized spacial score (nSPS) is 29.6. The monoisotopic (exact) mass is 395 g/mol. The quantitative estimate of drug-likeness (QED) is 0.436. The van der Waals surface area contributed by atoms with Crippen molar-refractivity contribution in [3.05, 3.63) is 29.8 Å². The minimum Gasteiger partial charge on any atom is -0.456 e. The Morgan fingerprint density at radius 3 is 2.08 bits per heavy atom. The summed E-state index contributed by atoms with van der Waals surface area (Å²) in [5, 5.41) is 0. The number of amides is 2. The van der Waals surface area contributed by atoms with E-state index >= 15 is 0 Å². The number of rotatable bonds is 5. The highest BCUT2D eigenvalue weighted by Crippen LogP contribution is 2.56. The molecule has 1 aromatic rings. The summed E-state index contributed by atoms with van der Waals surface area (Å²) in [5.41, 5.74) is 0.838. The third-order valence-corrected chi connectivity index (χ3v) is 6.59. The third-order valence-electron chi connectivity index (χ3n) is 5.91. The van der Waals surface area contributed by atoms with Crippen molar-refractivity contribution in [3.63, 3.8) is 0 Å². The van der Waals surface area contributed by atoms with E-state index in [1.165, 1.54) is 4.90 Å². The number of halogens is 2. The zero-order valence-electron chi connectivity index (χ0n) is 14.1. The number of nitrogens with zero attached hydrogens (tertiary/aromatic N) is 1. The molecule has 0 spiro atoms. The standard InChI is InChI=1S/C19H19Cl2NO4/c20-8-14(9-21)26-19(25)10-3-5-13(6-4-10)22-17(23)15-11-1-2-12(7-11)16(15)18(22)24/h3-6,11-12,14-16H,1-2,7-9H2/t11-,12+,15-,16+. The molecule has 26 heavy (non-hydrogen) atoms. The van der Waals surface area contributed by atoms with Crippen LogP contribution in [0.5, 0.6) is 0 Å². The van der Waals surface area contributed by atoms with Crippen molar-refractivity contribution in [2.75, 3.05) is 16.7 Å². The summed E-state index contributed by atoms with van der Waals surface area (Å²) in [6.45, 7) is 0. The molecule has 2 saturated carbocycles. The van der Waals surface area contributed by atoms with Crippen LogP contribution in [0.4, 0.5) is 5.69 Å². The molecular formula is C19H19Cl2NO4. The molecule has 1 aromatic carbocycles. The van der Waals surface area contributed by atoms with Crippen LogP contribution in [0.25, 0.3) is 0 Å². The van der Waals surface area contributed by atoms with Crippen molar-refractivity contribution in [1.82, 2.24) is 0 Å². The third kappa shape index (κ3) is 2.72. The van der Waals surface area contributed by atoms with Gasteiger partial charge in [-0.1, -0.05) is 0 Å². The van der Waals surface area contributed by atoms with Crippen LogP contribution < -0.4 is 4.90 Å². The van der Waals surface area contributed by atoms with E-state index in [1.54, 1.807) is 24.3 Å². The largest absolute Gasteiger partial charge is 0.456 e. The molecule has 5 nitrogen and oxygen atoms in total. The number of ether oxygens (including phenoxy) is 1. The first-order valence-electron chi connectivity index (χ1n) is 8.86. The molecule has 3 aliphatic rings. The zero-order valence-corrected chi connectivity index (χ0v) is 15.6. The molecule has 1 heterocycles. The number of alkyl halides is 2. The average Bonchev–Trinajstić information content (AvgIpc) is 3.33. The number of benzene rings is 1. The topological polar surface area (TPSA) is 63.7 Å². The van der Waals surface area contributed by atoms with Gasteiger partial charge >= 0.3 is 5.97 Å². The van der Waals surface area contributed by atoms with Crippen LogP contribution in [0.15, 0.2) is 24.3 Å². The van der Waals surface area contributed by atoms with E-state index in [0.29, 0.717) is 23.1 Å². The maximum Gasteiger partial charge on any atom is 0.338 e. The second kappa shape index (κ2) is 6.86. The van der Waals surface area contributed by atoms with Crippen LogP contribution in [0.1, 0.15) is 29.6 Å². The highest BCUT2D eigenvalue weighted by atomic mass is 35.5. The van der Waals surface area contributed by atoms with Gasteiger partial charge in [-0.25, -0.2) is 4.79 Å². The Morgan fingerprint density at radius 2 is 1.58 bits per heavy atom. The van der Waals surface area contributed by atoms with E-state index < -0.39 is 12.1 Å². The van der Waals surface area contributed by atoms with Crippen molar-refractivity contribution in [3.8, 4) is 0 Å². The van der Waals surface area contributed by atoms with Gasteiger partial charge in [0.1, 0.15) is 6.10 Å². The van der Waals surface area contributed by atoms with Gasteiger partial charge in [0.15, 0.2) is 0 Å². The highest BCUT2D eigenvalue weighted by Gasteiger charge is 2.61. The Labute approximate surface area is 161 Å². The van der Waals surface area contributed by atoms with Gasteiger partial charge < -0.3 is 4.74 Å². The Balaban J connectivity index is 1.52. The van der Waals surface area contributed by atoms with Crippen LogP contribution in [0, 0.1) is 23.7 Å². The van der Waals surface area contributed by atoms with Gasteiger partial charge in [0.25, 0.3) is 0 Å². The van der Waals surface area contributed by atoms with E-state index in [2.05, 4.69) is 0 Å². The first-order chi connectivity index (χ1) is 12.5. The van der Waals surface area contributed by atoms with E-state index in [9.17, 15) is 14.4 Å². The van der Waals surface area contributed by atoms with E-state index in [-0.39, 0.29) is 35.4 Å². The lowest BCUT2D eigenvalue weighted by Gasteiger charge is -2.19. The Morgan fingerprint density at radius 1 is 1.04 bits per heavy atom. The maximum atomic E-state index is 12.8.